The van der Waals surface area contributed by atoms with E-state index in [2.05, 4.69) is 25.5 Å². The quantitative estimate of drug-likeness (QED) is 0.446. The first-order chi connectivity index (χ1) is 9.22. The average molecular weight is 283 g/mol. The molecule has 0 radical (unpaired) electrons. The predicted octanol–water partition coefficient (Wildman–Crippen LogP) is -0.0991. The summed E-state index contributed by atoms with van der Waals surface area (Å²) in [6.45, 7) is 0.611. The predicted molar refractivity (Wildman–Crippen MR) is 66.0 cm³/mol. The van der Waals surface area contributed by atoms with Gasteiger partial charge in [-0.15, -0.1) is 0 Å². The number of rotatable bonds is 5. The zero-order chi connectivity index (χ0) is 13.7. The van der Waals surface area contributed by atoms with Crippen LogP contribution in [0.4, 0.5) is 5.95 Å². The molecule has 19 heavy (non-hydrogen) atoms. The van der Waals surface area contributed by atoms with Gasteiger partial charge in [0.2, 0.25) is 0 Å². The number of hydrogen-bond donors (Lipinski definition) is 2. The molecule has 0 aliphatic carbocycles. The first-order valence-electron chi connectivity index (χ1n) is 5.20. The third kappa shape index (κ3) is 3.30. The number of imidazole rings is 1. The molecule has 0 aliphatic heterocycles. The van der Waals surface area contributed by atoms with Crippen molar-refractivity contribution in [3.8, 4) is 5.81 Å². The minimum atomic E-state index is -0.358. The Morgan fingerprint density at radius 1 is 1.58 bits per heavy atom. The molecular weight excluding hydrogens is 273 g/mol. The fourth-order valence-corrected chi connectivity index (χ4v) is 1.59. The third-order valence-corrected chi connectivity index (χ3v) is 2.43. The SMILES string of the molecule is Nc1nc2ncn(CCOCOC#P=O)c2c(=O)[nH]1. The molecule has 2 heterocycles. The van der Waals surface area contributed by atoms with E-state index >= 15 is 0 Å². The minimum absolute atomic E-state index is 0.0234. The number of aromatic amines is 1. The van der Waals surface area contributed by atoms with Gasteiger partial charge in [0, 0.05) is 0 Å². The number of nitrogens with zero attached hydrogens (tertiary/aromatic N) is 3. The van der Waals surface area contributed by atoms with Crippen LogP contribution in [0.15, 0.2) is 11.1 Å². The molecule has 0 aromatic carbocycles. The van der Waals surface area contributed by atoms with Crippen molar-refractivity contribution in [3.63, 3.8) is 0 Å². The molecule has 10 heteroatoms. The van der Waals surface area contributed by atoms with Crippen molar-refractivity contribution in [3.05, 3.63) is 16.7 Å². The van der Waals surface area contributed by atoms with Gasteiger partial charge in [0.25, 0.3) is 0 Å². The van der Waals surface area contributed by atoms with Crippen LogP contribution >= 0.6 is 7.92 Å². The topological polar surface area (TPSA) is 125 Å². The summed E-state index contributed by atoms with van der Waals surface area (Å²) in [4.78, 5) is 22.0. The molecule has 2 aromatic rings. The van der Waals surface area contributed by atoms with Crippen LogP contribution in [0.2, 0.25) is 0 Å². The molecule has 100 valence electrons. The second kappa shape index (κ2) is 6.31. The van der Waals surface area contributed by atoms with E-state index in [9.17, 15) is 9.36 Å². The molecule has 9 nitrogen and oxygen atoms in total. The first-order valence-corrected chi connectivity index (χ1v) is 6.01. The van der Waals surface area contributed by atoms with Crippen LogP contribution in [0.1, 0.15) is 0 Å². The Morgan fingerprint density at radius 2 is 2.42 bits per heavy atom. The zero-order valence-electron chi connectivity index (χ0n) is 9.70. The van der Waals surface area contributed by atoms with Crippen molar-refractivity contribution in [2.45, 2.75) is 6.54 Å². The van der Waals surface area contributed by atoms with Gasteiger partial charge >= 0.3 is 107 Å². The molecule has 0 fully saturated rings. The normalized spacial score (nSPS) is 10.5. The molecule has 0 saturated carbocycles. The number of nitrogens with two attached hydrogens (primary N) is 1. The van der Waals surface area contributed by atoms with Gasteiger partial charge in [0.05, 0.1) is 0 Å². The third-order valence-electron chi connectivity index (χ3n) is 2.22. The summed E-state index contributed by atoms with van der Waals surface area (Å²) >= 11 is 0. The summed E-state index contributed by atoms with van der Waals surface area (Å²) in [6.07, 6.45) is 1.48. The summed E-state index contributed by atoms with van der Waals surface area (Å²) in [6, 6.07) is 0. The summed E-state index contributed by atoms with van der Waals surface area (Å²) in [5, 5.41) is 0. The van der Waals surface area contributed by atoms with Crippen LogP contribution in [0.5, 0.6) is 0 Å². The Bertz CT molecular complexity index is 734. The molecule has 0 atom stereocenters. The van der Waals surface area contributed by atoms with Gasteiger partial charge in [-0.25, -0.2) is 0 Å². The fourth-order valence-electron chi connectivity index (χ4n) is 1.49. The average Bonchev–Trinajstić information content (AvgIpc) is 2.77. The van der Waals surface area contributed by atoms with Gasteiger partial charge in [-0.1, -0.05) is 0 Å². The second-order valence-corrected chi connectivity index (χ2v) is 3.78. The van der Waals surface area contributed by atoms with Gasteiger partial charge in [-0.05, 0) is 0 Å². The molecular formula is C9H10N5O4P. The van der Waals surface area contributed by atoms with Crippen LogP contribution in [-0.2, 0) is 20.6 Å². The Kier molecular flexibility index (Phi) is 4.48. The van der Waals surface area contributed by atoms with Crippen molar-refractivity contribution in [1.29, 1.82) is 0 Å². The standard InChI is InChI=1S/C9H10N5O4P/c10-9-12-7-6(8(15)13-9)14(3-11-7)1-2-17-4-18-5-19-16/h3H,1-2,4H2,(H3,10,12,13,15). The van der Waals surface area contributed by atoms with E-state index in [1.807, 2.05) is 0 Å². The van der Waals surface area contributed by atoms with E-state index in [0.29, 0.717) is 12.1 Å². The van der Waals surface area contributed by atoms with Crippen LogP contribution in [-0.4, -0.2) is 32.9 Å². The molecule has 3 N–H and O–H groups in total. The molecule has 0 amide bonds. The number of anilines is 1. The van der Waals surface area contributed by atoms with Crippen LogP contribution in [0.3, 0.4) is 0 Å². The molecule has 0 aliphatic rings. The number of nitrogen functional groups attached to an aromatic ring is 1. The zero-order valence-corrected chi connectivity index (χ0v) is 10.6. The van der Waals surface area contributed by atoms with Crippen LogP contribution in [0.25, 0.3) is 11.2 Å². The Hall–Kier alpha value is -1.92. The van der Waals surface area contributed by atoms with Crippen LogP contribution < -0.4 is 11.3 Å². The summed E-state index contributed by atoms with van der Waals surface area (Å²) in [7, 11) is -0.336. The molecule has 0 bridgehead atoms. The number of fused-ring (bicyclic) bond motifs is 1. The summed E-state index contributed by atoms with van der Waals surface area (Å²) < 4.78 is 21.3. The fraction of sp³-hybridized carbons (Fsp3) is 0.333. The number of H-pyrrole nitrogens is 1. The number of hydrogen-bond acceptors (Lipinski definition) is 7. The molecule has 0 unspecified atom stereocenters. The molecule has 2 rings (SSSR count). The number of aromatic nitrogens is 4. The Labute approximate surface area is 107 Å². The monoisotopic (exact) mass is 283 g/mol. The van der Waals surface area contributed by atoms with Crippen molar-refractivity contribution < 1.29 is 14.0 Å². The number of ether oxygens (including phenoxy) is 2. The van der Waals surface area contributed by atoms with Crippen LogP contribution in [0, 0.1) is 5.81 Å². The van der Waals surface area contributed by atoms with Gasteiger partial charge < -0.3 is 0 Å². The van der Waals surface area contributed by atoms with Crippen molar-refractivity contribution in [2.75, 3.05) is 19.1 Å². The van der Waals surface area contributed by atoms with Gasteiger partial charge in [0.1, 0.15) is 0 Å². The molecule has 0 saturated heterocycles. The summed E-state index contributed by atoms with van der Waals surface area (Å²) in [5.74, 6) is 2.10. The van der Waals surface area contributed by atoms with E-state index in [1.54, 1.807) is 4.57 Å². The first kappa shape index (κ1) is 13.5. The molecule has 0 spiro atoms. The maximum atomic E-state index is 11.7. The van der Waals surface area contributed by atoms with E-state index in [4.69, 9.17) is 10.5 Å². The van der Waals surface area contributed by atoms with Crippen molar-refractivity contribution in [2.24, 2.45) is 0 Å². The van der Waals surface area contributed by atoms with E-state index in [-0.39, 0.29) is 38.5 Å². The van der Waals surface area contributed by atoms with Gasteiger partial charge in [0.15, 0.2) is 0 Å². The number of nitrogens with one attached hydrogen (secondary N) is 1. The van der Waals surface area contributed by atoms with Gasteiger partial charge in [-0.2, -0.15) is 0 Å². The van der Waals surface area contributed by atoms with E-state index in [1.165, 1.54) is 6.33 Å². The molecule has 2 aromatic heterocycles. The van der Waals surface area contributed by atoms with Crippen molar-refractivity contribution in [1.82, 2.24) is 19.5 Å². The second-order valence-electron chi connectivity index (χ2n) is 3.41. The maximum absolute atomic E-state index is 11.7. The van der Waals surface area contributed by atoms with Crippen molar-refractivity contribution >= 4 is 25.0 Å². The Morgan fingerprint density at radius 3 is 3.21 bits per heavy atom. The van der Waals surface area contributed by atoms with Gasteiger partial charge in [-0.3, -0.25) is 0 Å². The van der Waals surface area contributed by atoms with E-state index in [0.717, 1.165) is 0 Å². The Balaban J connectivity index is 2.03. The summed E-state index contributed by atoms with van der Waals surface area (Å²) in [5.41, 5.74) is 5.66. The van der Waals surface area contributed by atoms with E-state index < -0.39 is 0 Å².